The lowest BCUT2D eigenvalue weighted by atomic mass is 10.1. The maximum atomic E-state index is 11.7. The maximum Gasteiger partial charge on any atom is 0.315 e. The van der Waals surface area contributed by atoms with Gasteiger partial charge in [0.1, 0.15) is 5.75 Å². The number of halogens is 1. The third-order valence-electron chi connectivity index (χ3n) is 3.20. The molecule has 5 heteroatoms. The van der Waals surface area contributed by atoms with E-state index in [2.05, 4.69) is 10.6 Å². The minimum atomic E-state index is -0.187. The van der Waals surface area contributed by atoms with E-state index in [0.717, 1.165) is 23.3 Å². The summed E-state index contributed by atoms with van der Waals surface area (Å²) in [5.41, 5.74) is 2.12. The molecule has 0 heterocycles. The van der Waals surface area contributed by atoms with Gasteiger partial charge in [-0.2, -0.15) is 0 Å². The molecule has 0 saturated heterocycles. The number of ether oxygens (including phenoxy) is 1. The maximum absolute atomic E-state index is 11.7. The Morgan fingerprint density at radius 3 is 2.55 bits per heavy atom. The lowest BCUT2D eigenvalue weighted by Crippen LogP contribution is -2.36. The zero-order valence-corrected chi connectivity index (χ0v) is 13.2. The second kappa shape index (κ2) is 8.29. The molecule has 0 aliphatic heterocycles. The van der Waals surface area contributed by atoms with Crippen LogP contribution in [-0.4, -0.2) is 19.7 Å². The smallest absolute Gasteiger partial charge is 0.315 e. The van der Waals surface area contributed by atoms with Gasteiger partial charge in [-0.15, -0.1) is 0 Å². The van der Waals surface area contributed by atoms with Crippen LogP contribution in [0.5, 0.6) is 5.75 Å². The first-order chi connectivity index (χ1) is 10.7. The van der Waals surface area contributed by atoms with Gasteiger partial charge in [0, 0.05) is 18.1 Å². The number of urea groups is 1. The Balaban J connectivity index is 1.69. The Morgan fingerprint density at radius 1 is 1.09 bits per heavy atom. The molecule has 116 valence electrons. The Kier molecular flexibility index (Phi) is 6.10. The van der Waals surface area contributed by atoms with Crippen LogP contribution in [0.25, 0.3) is 0 Å². The summed E-state index contributed by atoms with van der Waals surface area (Å²) in [4.78, 5) is 11.7. The summed E-state index contributed by atoms with van der Waals surface area (Å²) in [7, 11) is 1.64. The fourth-order valence-electron chi connectivity index (χ4n) is 2.00. The summed E-state index contributed by atoms with van der Waals surface area (Å²) in [6, 6.07) is 15.0. The lowest BCUT2D eigenvalue weighted by molar-refractivity contribution is 0.240. The van der Waals surface area contributed by atoms with Crippen molar-refractivity contribution in [1.82, 2.24) is 10.6 Å². The molecule has 2 aromatic carbocycles. The Bertz CT molecular complexity index is 614. The zero-order chi connectivity index (χ0) is 15.8. The molecule has 0 fully saturated rings. The molecule has 0 atom stereocenters. The van der Waals surface area contributed by atoms with Crippen molar-refractivity contribution in [2.75, 3.05) is 13.7 Å². The minimum absolute atomic E-state index is 0.187. The molecule has 22 heavy (non-hydrogen) atoms. The second-order valence-electron chi connectivity index (χ2n) is 4.84. The van der Waals surface area contributed by atoms with Crippen molar-refractivity contribution in [3.8, 4) is 5.75 Å². The van der Waals surface area contributed by atoms with E-state index in [1.165, 1.54) is 0 Å². The van der Waals surface area contributed by atoms with Crippen molar-refractivity contribution >= 4 is 17.6 Å². The molecule has 0 saturated carbocycles. The predicted molar refractivity (Wildman–Crippen MR) is 88.4 cm³/mol. The van der Waals surface area contributed by atoms with Crippen LogP contribution >= 0.6 is 11.6 Å². The van der Waals surface area contributed by atoms with Crippen molar-refractivity contribution in [1.29, 1.82) is 0 Å². The van der Waals surface area contributed by atoms with Crippen LogP contribution in [0.15, 0.2) is 48.5 Å². The van der Waals surface area contributed by atoms with Gasteiger partial charge in [0.25, 0.3) is 0 Å². The summed E-state index contributed by atoms with van der Waals surface area (Å²) in [5, 5.41) is 6.30. The highest BCUT2D eigenvalue weighted by atomic mass is 35.5. The van der Waals surface area contributed by atoms with Crippen LogP contribution in [0.1, 0.15) is 11.1 Å². The average molecular weight is 319 g/mol. The zero-order valence-electron chi connectivity index (χ0n) is 12.4. The second-order valence-corrected chi connectivity index (χ2v) is 5.27. The van der Waals surface area contributed by atoms with Crippen molar-refractivity contribution in [3.63, 3.8) is 0 Å². The topological polar surface area (TPSA) is 50.4 Å². The van der Waals surface area contributed by atoms with E-state index in [-0.39, 0.29) is 6.03 Å². The largest absolute Gasteiger partial charge is 0.497 e. The van der Waals surface area contributed by atoms with E-state index in [1.807, 2.05) is 42.5 Å². The molecule has 0 unspecified atom stereocenters. The first-order valence-electron chi connectivity index (χ1n) is 7.06. The third-order valence-corrected chi connectivity index (χ3v) is 3.44. The summed E-state index contributed by atoms with van der Waals surface area (Å²) in [5.74, 6) is 0.830. The van der Waals surface area contributed by atoms with Crippen LogP contribution in [0.4, 0.5) is 4.79 Å². The van der Waals surface area contributed by atoms with Gasteiger partial charge in [0.05, 0.1) is 7.11 Å². The molecule has 4 nitrogen and oxygen atoms in total. The van der Waals surface area contributed by atoms with Gasteiger partial charge in [-0.05, 0) is 41.8 Å². The third kappa shape index (κ3) is 5.30. The predicted octanol–water partition coefficient (Wildman–Crippen LogP) is 3.39. The molecule has 2 N–H and O–H groups in total. The highest BCUT2D eigenvalue weighted by Gasteiger charge is 2.01. The lowest BCUT2D eigenvalue weighted by Gasteiger charge is -2.08. The monoisotopic (exact) mass is 318 g/mol. The molecule has 0 aromatic heterocycles. The van der Waals surface area contributed by atoms with Crippen molar-refractivity contribution in [2.45, 2.75) is 13.0 Å². The average Bonchev–Trinajstić information content (AvgIpc) is 2.54. The van der Waals surface area contributed by atoms with Crippen LogP contribution < -0.4 is 15.4 Å². The molecule has 0 aliphatic carbocycles. The van der Waals surface area contributed by atoms with Crippen LogP contribution in [0, 0.1) is 0 Å². The van der Waals surface area contributed by atoms with Gasteiger partial charge < -0.3 is 15.4 Å². The number of nitrogens with one attached hydrogen (secondary N) is 2. The fraction of sp³-hybridized carbons (Fsp3) is 0.235. The summed E-state index contributed by atoms with van der Waals surface area (Å²) >= 11 is 5.90. The minimum Gasteiger partial charge on any atom is -0.497 e. The molecule has 0 spiro atoms. The standard InChI is InChI=1S/C17H19ClN2O2/c1-22-16-7-5-13(6-8-16)9-10-19-17(21)20-12-14-3-2-4-15(18)11-14/h2-8,11H,9-10,12H2,1H3,(H2,19,20,21). The van der Waals surface area contributed by atoms with E-state index in [4.69, 9.17) is 16.3 Å². The van der Waals surface area contributed by atoms with Gasteiger partial charge in [0.2, 0.25) is 0 Å². The van der Waals surface area contributed by atoms with Gasteiger partial charge in [-0.3, -0.25) is 0 Å². The summed E-state index contributed by atoms with van der Waals surface area (Å²) in [6.07, 6.45) is 0.772. The van der Waals surface area contributed by atoms with E-state index in [9.17, 15) is 4.79 Å². The van der Waals surface area contributed by atoms with Crippen LogP contribution in [-0.2, 0) is 13.0 Å². The number of carbonyl (C=O) groups is 1. The normalized spacial score (nSPS) is 10.1. The number of amides is 2. The summed E-state index contributed by atoms with van der Waals surface area (Å²) < 4.78 is 5.11. The van der Waals surface area contributed by atoms with Gasteiger partial charge >= 0.3 is 6.03 Å². The van der Waals surface area contributed by atoms with Crippen LogP contribution in [0.2, 0.25) is 5.02 Å². The fourth-order valence-corrected chi connectivity index (χ4v) is 2.22. The van der Waals surface area contributed by atoms with Gasteiger partial charge in [-0.25, -0.2) is 4.79 Å². The number of methoxy groups -OCH3 is 1. The van der Waals surface area contributed by atoms with E-state index >= 15 is 0 Å². The van der Waals surface area contributed by atoms with Crippen molar-refractivity contribution in [2.24, 2.45) is 0 Å². The molecule has 0 aliphatic rings. The van der Waals surface area contributed by atoms with Gasteiger partial charge in [-0.1, -0.05) is 35.9 Å². The van der Waals surface area contributed by atoms with Crippen molar-refractivity contribution in [3.05, 3.63) is 64.7 Å². The summed E-state index contributed by atoms with van der Waals surface area (Å²) in [6.45, 7) is 1.03. The molecular formula is C17H19ClN2O2. The SMILES string of the molecule is COc1ccc(CCNC(=O)NCc2cccc(Cl)c2)cc1. The highest BCUT2D eigenvalue weighted by molar-refractivity contribution is 6.30. The number of rotatable bonds is 6. The molecule has 2 rings (SSSR count). The molecular weight excluding hydrogens is 300 g/mol. The van der Waals surface area contributed by atoms with Gasteiger partial charge in [0.15, 0.2) is 0 Å². The number of carbonyl (C=O) groups excluding carboxylic acids is 1. The quantitative estimate of drug-likeness (QED) is 0.857. The first kappa shape index (κ1) is 16.2. The van der Waals surface area contributed by atoms with Crippen LogP contribution in [0.3, 0.4) is 0 Å². The van der Waals surface area contributed by atoms with E-state index < -0.39 is 0 Å². The van der Waals surface area contributed by atoms with Crippen molar-refractivity contribution < 1.29 is 9.53 Å². The Morgan fingerprint density at radius 2 is 1.86 bits per heavy atom. The van der Waals surface area contributed by atoms with E-state index in [0.29, 0.717) is 18.1 Å². The molecule has 0 radical (unpaired) electrons. The molecule has 0 bridgehead atoms. The number of hydrogen-bond donors (Lipinski definition) is 2. The molecule has 2 amide bonds. The number of benzene rings is 2. The number of hydrogen-bond acceptors (Lipinski definition) is 2. The Labute approximate surface area is 135 Å². The van der Waals surface area contributed by atoms with E-state index in [1.54, 1.807) is 13.2 Å². The Hall–Kier alpha value is -2.20. The highest BCUT2D eigenvalue weighted by Crippen LogP contribution is 2.11. The first-order valence-corrected chi connectivity index (χ1v) is 7.44. The molecule has 2 aromatic rings.